The smallest absolute Gasteiger partial charge is 0.416 e. The number of amides is 1. The molecule has 0 spiro atoms. The highest BCUT2D eigenvalue weighted by atomic mass is 79.9. The van der Waals surface area contributed by atoms with Crippen molar-refractivity contribution in [3.63, 3.8) is 0 Å². The Morgan fingerprint density at radius 2 is 1.80 bits per heavy atom. The van der Waals surface area contributed by atoms with Crippen molar-refractivity contribution in [2.45, 2.75) is 12.8 Å². The Morgan fingerprint density at radius 1 is 1.09 bits per heavy atom. The predicted octanol–water partition coefficient (Wildman–Crippen LogP) is 6.29. The zero-order valence-electron chi connectivity index (χ0n) is 17.8. The van der Waals surface area contributed by atoms with Crippen LogP contribution in [0.25, 0.3) is 6.08 Å². The van der Waals surface area contributed by atoms with Crippen LogP contribution in [0.3, 0.4) is 0 Å². The first-order valence-electron chi connectivity index (χ1n) is 9.92. The molecule has 0 aliphatic carbocycles. The summed E-state index contributed by atoms with van der Waals surface area (Å²) in [5.41, 5.74) is -0.200. The number of halogens is 4. The van der Waals surface area contributed by atoms with Crippen molar-refractivity contribution in [3.05, 3.63) is 99.0 Å². The molecule has 0 aliphatic rings. The van der Waals surface area contributed by atoms with Crippen LogP contribution in [0.1, 0.15) is 27.0 Å². The lowest BCUT2D eigenvalue weighted by atomic mass is 10.1. The summed E-state index contributed by atoms with van der Waals surface area (Å²) in [6.07, 6.45) is -3.32. The lowest BCUT2D eigenvalue weighted by molar-refractivity contribution is -0.137. The van der Waals surface area contributed by atoms with Gasteiger partial charge in [-0.3, -0.25) is 4.79 Å². The van der Waals surface area contributed by atoms with Crippen molar-refractivity contribution in [1.82, 2.24) is 0 Å². The number of hydrogen-bond donors (Lipinski definition) is 2. The van der Waals surface area contributed by atoms with E-state index in [0.29, 0.717) is 21.3 Å². The second kappa shape index (κ2) is 10.9. The van der Waals surface area contributed by atoms with Gasteiger partial charge in [0.05, 0.1) is 11.1 Å². The van der Waals surface area contributed by atoms with Crippen molar-refractivity contribution >= 4 is 39.6 Å². The number of ether oxygens (including phenoxy) is 1. The molecular formula is C25H16BrF3N2O4. The zero-order chi connectivity index (χ0) is 25.6. The predicted molar refractivity (Wildman–Crippen MR) is 126 cm³/mol. The lowest BCUT2D eigenvalue weighted by Crippen LogP contribution is -2.14. The van der Waals surface area contributed by atoms with E-state index in [2.05, 4.69) is 21.2 Å². The molecule has 0 unspecified atom stereocenters. The van der Waals surface area contributed by atoms with Gasteiger partial charge in [-0.15, -0.1) is 0 Å². The number of alkyl halides is 3. The Hall–Kier alpha value is -4.10. The number of nitrogens with one attached hydrogen (secondary N) is 1. The number of nitrogens with zero attached hydrogens (tertiary/aromatic N) is 1. The number of carboxylic acid groups (broad SMARTS) is 1. The molecule has 3 aromatic carbocycles. The van der Waals surface area contributed by atoms with Gasteiger partial charge in [-0.25, -0.2) is 4.79 Å². The molecular weight excluding hydrogens is 529 g/mol. The van der Waals surface area contributed by atoms with Crippen molar-refractivity contribution in [1.29, 1.82) is 5.26 Å². The Kier molecular flexibility index (Phi) is 7.94. The van der Waals surface area contributed by atoms with E-state index in [1.807, 2.05) is 0 Å². The molecule has 0 fully saturated rings. The molecule has 0 aromatic heterocycles. The van der Waals surface area contributed by atoms with Crippen LogP contribution in [0, 0.1) is 11.3 Å². The Balaban J connectivity index is 1.81. The third-order valence-corrected chi connectivity index (χ3v) is 5.17. The van der Waals surface area contributed by atoms with Crippen LogP contribution < -0.4 is 10.1 Å². The van der Waals surface area contributed by atoms with E-state index < -0.39 is 23.6 Å². The van der Waals surface area contributed by atoms with Gasteiger partial charge in [0.2, 0.25) is 0 Å². The maximum absolute atomic E-state index is 12.9. The summed E-state index contributed by atoms with van der Waals surface area (Å²) < 4.78 is 45.2. The summed E-state index contributed by atoms with van der Waals surface area (Å²) in [6.45, 7) is 0.0840. The molecule has 2 N–H and O–H groups in total. The fourth-order valence-corrected chi connectivity index (χ4v) is 3.32. The molecule has 0 radical (unpaired) electrons. The maximum Gasteiger partial charge on any atom is 0.416 e. The standard InChI is InChI=1S/C25H16BrF3N2O4/c26-20-8-9-22(35-14-15-4-6-16(7-5-15)24(33)34)17(11-20)10-18(13-30)23(32)31-21-3-1-2-19(12-21)25(27,28)29/h1-12H,14H2,(H,31,32)(H,33,34)/b18-10+. The van der Waals surface area contributed by atoms with Crippen molar-refractivity contribution in [3.8, 4) is 11.8 Å². The number of carboxylic acids is 1. The maximum atomic E-state index is 12.9. The van der Waals surface area contributed by atoms with Crippen LogP contribution in [0.15, 0.2) is 76.8 Å². The molecule has 0 saturated carbocycles. The number of aromatic carboxylic acids is 1. The van der Waals surface area contributed by atoms with E-state index in [0.717, 1.165) is 18.2 Å². The van der Waals surface area contributed by atoms with Gasteiger partial charge in [0.25, 0.3) is 5.91 Å². The number of rotatable bonds is 7. The summed E-state index contributed by atoms with van der Waals surface area (Å²) in [7, 11) is 0. The summed E-state index contributed by atoms with van der Waals surface area (Å²) in [6, 6.07) is 16.8. The van der Waals surface area contributed by atoms with Gasteiger partial charge in [0, 0.05) is 15.7 Å². The van der Waals surface area contributed by atoms with Crippen molar-refractivity contribution in [2.24, 2.45) is 0 Å². The molecule has 3 aromatic rings. The topological polar surface area (TPSA) is 99.4 Å². The largest absolute Gasteiger partial charge is 0.488 e. The molecule has 0 aliphatic heterocycles. The first-order valence-corrected chi connectivity index (χ1v) is 10.7. The van der Waals surface area contributed by atoms with Crippen LogP contribution in [0.2, 0.25) is 0 Å². The molecule has 0 heterocycles. The number of benzene rings is 3. The number of carbonyl (C=O) groups is 2. The quantitative estimate of drug-likeness (QED) is 0.269. The Labute approximate surface area is 206 Å². The molecule has 0 atom stereocenters. The van der Waals surface area contributed by atoms with E-state index >= 15 is 0 Å². The molecule has 35 heavy (non-hydrogen) atoms. The molecule has 0 saturated heterocycles. The Morgan fingerprint density at radius 3 is 2.43 bits per heavy atom. The van der Waals surface area contributed by atoms with Gasteiger partial charge in [0.1, 0.15) is 24.0 Å². The van der Waals surface area contributed by atoms with Gasteiger partial charge < -0.3 is 15.2 Å². The molecule has 178 valence electrons. The SMILES string of the molecule is N#C/C(=C\c1cc(Br)ccc1OCc1ccc(C(=O)O)cc1)C(=O)Nc1cccc(C(F)(F)F)c1. The minimum Gasteiger partial charge on any atom is -0.488 e. The van der Waals surface area contributed by atoms with E-state index in [-0.39, 0.29) is 23.4 Å². The van der Waals surface area contributed by atoms with Crippen molar-refractivity contribution in [2.75, 3.05) is 5.32 Å². The third kappa shape index (κ3) is 6.94. The molecule has 3 rings (SSSR count). The summed E-state index contributed by atoms with van der Waals surface area (Å²) in [5.74, 6) is -1.61. The average molecular weight is 545 g/mol. The number of hydrogen-bond acceptors (Lipinski definition) is 4. The van der Waals surface area contributed by atoms with E-state index in [9.17, 15) is 28.0 Å². The fraction of sp³-hybridized carbons (Fsp3) is 0.0800. The summed E-state index contributed by atoms with van der Waals surface area (Å²) >= 11 is 3.31. The van der Waals surface area contributed by atoms with E-state index in [1.54, 1.807) is 36.4 Å². The second-order valence-electron chi connectivity index (χ2n) is 7.18. The minimum atomic E-state index is -4.58. The monoisotopic (exact) mass is 544 g/mol. The molecule has 1 amide bonds. The first-order chi connectivity index (χ1) is 16.6. The third-order valence-electron chi connectivity index (χ3n) is 4.68. The van der Waals surface area contributed by atoms with Gasteiger partial charge in [-0.1, -0.05) is 34.1 Å². The summed E-state index contributed by atoms with van der Waals surface area (Å²) in [4.78, 5) is 23.6. The lowest BCUT2D eigenvalue weighted by Gasteiger charge is -2.11. The summed E-state index contributed by atoms with van der Waals surface area (Å²) in [5, 5.41) is 20.8. The molecule has 0 bridgehead atoms. The van der Waals surface area contributed by atoms with Crippen LogP contribution in [-0.4, -0.2) is 17.0 Å². The van der Waals surface area contributed by atoms with Gasteiger partial charge in [-0.2, -0.15) is 18.4 Å². The number of anilines is 1. The van der Waals surface area contributed by atoms with Crippen LogP contribution in [0.5, 0.6) is 5.75 Å². The highest BCUT2D eigenvalue weighted by Crippen LogP contribution is 2.31. The highest BCUT2D eigenvalue weighted by Gasteiger charge is 2.30. The highest BCUT2D eigenvalue weighted by molar-refractivity contribution is 9.10. The van der Waals surface area contributed by atoms with Crippen LogP contribution in [0.4, 0.5) is 18.9 Å². The van der Waals surface area contributed by atoms with Gasteiger partial charge >= 0.3 is 12.1 Å². The van der Waals surface area contributed by atoms with Crippen LogP contribution >= 0.6 is 15.9 Å². The van der Waals surface area contributed by atoms with Gasteiger partial charge in [-0.05, 0) is 60.2 Å². The number of carbonyl (C=O) groups excluding carboxylic acids is 1. The molecule has 10 heteroatoms. The van der Waals surface area contributed by atoms with Crippen molar-refractivity contribution < 1.29 is 32.6 Å². The van der Waals surface area contributed by atoms with E-state index in [4.69, 9.17) is 9.84 Å². The minimum absolute atomic E-state index is 0.0840. The van der Waals surface area contributed by atoms with Gasteiger partial charge in [0.15, 0.2) is 0 Å². The molecule has 6 nitrogen and oxygen atoms in total. The normalized spacial score (nSPS) is 11.5. The average Bonchev–Trinajstić information content (AvgIpc) is 2.81. The fourth-order valence-electron chi connectivity index (χ4n) is 2.94. The van der Waals surface area contributed by atoms with Crippen LogP contribution in [-0.2, 0) is 17.6 Å². The second-order valence-corrected chi connectivity index (χ2v) is 8.09. The number of nitriles is 1. The van der Waals surface area contributed by atoms with E-state index in [1.165, 1.54) is 24.3 Å². The first kappa shape index (κ1) is 25.5. The Bertz CT molecular complexity index is 1330. The zero-order valence-corrected chi connectivity index (χ0v) is 19.4.